The first-order valence-corrected chi connectivity index (χ1v) is 8.83. The summed E-state index contributed by atoms with van der Waals surface area (Å²) in [6.45, 7) is 4.47. The Morgan fingerprint density at radius 1 is 1.35 bits per heavy atom. The number of carboxylic acids is 1. The molecule has 0 amide bonds. The number of aliphatic carboxylic acids is 1. The van der Waals surface area contributed by atoms with E-state index in [1.165, 1.54) is 0 Å². The summed E-state index contributed by atoms with van der Waals surface area (Å²) in [4.78, 5) is 13.0. The van der Waals surface area contributed by atoms with Gasteiger partial charge in [0, 0.05) is 18.7 Å². The highest BCUT2D eigenvalue weighted by Gasteiger charge is 2.40. The van der Waals surface area contributed by atoms with Crippen LogP contribution in [-0.2, 0) is 19.4 Å². The molecule has 2 aliphatic rings. The molecule has 0 aromatic rings. The number of ether oxygens (including phenoxy) is 1. The van der Waals surface area contributed by atoms with Crippen LogP contribution in [0, 0.1) is 0 Å². The summed E-state index contributed by atoms with van der Waals surface area (Å²) < 4.78 is 28.9. The Morgan fingerprint density at radius 3 is 2.55 bits per heavy atom. The Bertz CT molecular complexity index is 473. The van der Waals surface area contributed by atoms with Crippen LogP contribution in [0.5, 0.6) is 0 Å². The van der Waals surface area contributed by atoms with Crippen LogP contribution in [0.15, 0.2) is 0 Å². The van der Waals surface area contributed by atoms with Gasteiger partial charge in [0.2, 0.25) is 0 Å². The highest BCUT2D eigenvalue weighted by Crippen LogP contribution is 2.30. The summed E-state index contributed by atoms with van der Waals surface area (Å²) in [7, 11) is -3.01. The summed E-state index contributed by atoms with van der Waals surface area (Å²) in [5, 5.41) is 9.11. The molecule has 2 heterocycles. The Kier molecular flexibility index (Phi) is 4.41. The minimum absolute atomic E-state index is 0.0770. The van der Waals surface area contributed by atoms with Crippen molar-refractivity contribution in [2.75, 3.05) is 24.7 Å². The van der Waals surface area contributed by atoms with Gasteiger partial charge in [0.1, 0.15) is 0 Å². The molecule has 116 valence electrons. The molecule has 0 bridgehead atoms. The summed E-state index contributed by atoms with van der Waals surface area (Å²) >= 11 is 0. The van der Waals surface area contributed by atoms with Crippen molar-refractivity contribution >= 4 is 15.8 Å². The minimum atomic E-state index is -3.01. The Balaban J connectivity index is 2.13. The normalized spacial score (nSPS) is 32.4. The van der Waals surface area contributed by atoms with E-state index in [0.717, 1.165) is 12.8 Å². The van der Waals surface area contributed by atoms with Gasteiger partial charge in [0.15, 0.2) is 9.84 Å². The lowest BCUT2D eigenvalue weighted by molar-refractivity contribution is -0.142. The van der Waals surface area contributed by atoms with Gasteiger partial charge >= 0.3 is 5.97 Å². The molecule has 2 aliphatic heterocycles. The van der Waals surface area contributed by atoms with Crippen molar-refractivity contribution in [3.8, 4) is 0 Å². The van der Waals surface area contributed by atoms with Crippen LogP contribution >= 0.6 is 0 Å². The van der Waals surface area contributed by atoms with Crippen LogP contribution in [0.2, 0.25) is 0 Å². The van der Waals surface area contributed by atoms with Gasteiger partial charge in [-0.2, -0.15) is 0 Å². The van der Waals surface area contributed by atoms with Crippen molar-refractivity contribution in [1.29, 1.82) is 0 Å². The average Bonchev–Trinajstić information content (AvgIpc) is 2.65. The van der Waals surface area contributed by atoms with Crippen LogP contribution in [-0.4, -0.2) is 66.7 Å². The first-order chi connectivity index (χ1) is 9.19. The number of carbonyl (C=O) groups is 1. The molecule has 6 nitrogen and oxygen atoms in total. The summed E-state index contributed by atoms with van der Waals surface area (Å²) in [5.74, 6) is -0.656. The molecule has 0 aliphatic carbocycles. The van der Waals surface area contributed by atoms with E-state index in [4.69, 9.17) is 9.84 Å². The van der Waals surface area contributed by atoms with Crippen molar-refractivity contribution in [1.82, 2.24) is 4.90 Å². The van der Waals surface area contributed by atoms with E-state index in [0.29, 0.717) is 13.0 Å². The third kappa shape index (κ3) is 3.93. The van der Waals surface area contributed by atoms with E-state index in [1.807, 2.05) is 18.7 Å². The van der Waals surface area contributed by atoms with E-state index in [9.17, 15) is 13.2 Å². The van der Waals surface area contributed by atoms with E-state index >= 15 is 0 Å². The number of hydrogen-bond acceptors (Lipinski definition) is 5. The quantitative estimate of drug-likeness (QED) is 0.815. The molecule has 0 radical (unpaired) electrons. The molecule has 7 heteroatoms. The molecule has 1 N–H and O–H groups in total. The molecule has 2 saturated heterocycles. The van der Waals surface area contributed by atoms with Crippen LogP contribution < -0.4 is 0 Å². The van der Waals surface area contributed by atoms with E-state index in [1.54, 1.807) is 0 Å². The zero-order chi connectivity index (χ0) is 15.0. The van der Waals surface area contributed by atoms with Gasteiger partial charge in [-0.05, 0) is 33.1 Å². The van der Waals surface area contributed by atoms with Crippen molar-refractivity contribution in [2.45, 2.75) is 50.8 Å². The van der Waals surface area contributed by atoms with Gasteiger partial charge in [0.25, 0.3) is 0 Å². The molecule has 20 heavy (non-hydrogen) atoms. The lowest BCUT2D eigenvalue weighted by atomic mass is 9.91. The fourth-order valence-corrected chi connectivity index (χ4v) is 4.97. The Labute approximate surface area is 120 Å². The first-order valence-electron chi connectivity index (χ1n) is 7.00. The van der Waals surface area contributed by atoms with Crippen LogP contribution in [0.4, 0.5) is 0 Å². The molecular weight excluding hydrogens is 282 g/mol. The SMILES string of the molecule is CC1(C)CC(N(CC(=O)O)C2CCS(=O)(=O)C2)CCO1. The van der Waals surface area contributed by atoms with E-state index in [2.05, 4.69) is 0 Å². The van der Waals surface area contributed by atoms with Gasteiger partial charge in [0.05, 0.1) is 23.7 Å². The van der Waals surface area contributed by atoms with Gasteiger partial charge in [-0.25, -0.2) is 8.42 Å². The summed E-state index contributed by atoms with van der Waals surface area (Å²) in [6.07, 6.45) is 2.03. The van der Waals surface area contributed by atoms with Gasteiger partial charge in [-0.15, -0.1) is 0 Å². The van der Waals surface area contributed by atoms with Crippen LogP contribution in [0.25, 0.3) is 0 Å². The minimum Gasteiger partial charge on any atom is -0.480 e. The molecule has 2 fully saturated rings. The highest BCUT2D eigenvalue weighted by atomic mass is 32.2. The van der Waals surface area contributed by atoms with E-state index in [-0.39, 0.29) is 35.7 Å². The maximum Gasteiger partial charge on any atom is 0.317 e. The van der Waals surface area contributed by atoms with Crippen molar-refractivity contribution in [3.63, 3.8) is 0 Å². The molecular formula is C13H23NO5S. The fraction of sp³-hybridized carbons (Fsp3) is 0.923. The topological polar surface area (TPSA) is 83.9 Å². The Morgan fingerprint density at radius 2 is 2.05 bits per heavy atom. The maximum absolute atomic E-state index is 11.6. The first kappa shape index (κ1) is 15.7. The average molecular weight is 305 g/mol. The van der Waals surface area contributed by atoms with Crippen molar-refractivity contribution in [3.05, 3.63) is 0 Å². The van der Waals surface area contributed by atoms with Crippen molar-refractivity contribution < 1.29 is 23.1 Å². The largest absolute Gasteiger partial charge is 0.480 e. The highest BCUT2D eigenvalue weighted by molar-refractivity contribution is 7.91. The van der Waals surface area contributed by atoms with E-state index < -0.39 is 15.8 Å². The predicted molar refractivity (Wildman–Crippen MR) is 74.5 cm³/mol. The van der Waals surface area contributed by atoms with Gasteiger partial charge < -0.3 is 9.84 Å². The number of hydrogen-bond donors (Lipinski definition) is 1. The lowest BCUT2D eigenvalue weighted by Gasteiger charge is -2.42. The number of sulfone groups is 1. The smallest absolute Gasteiger partial charge is 0.317 e. The summed E-state index contributed by atoms with van der Waals surface area (Å²) in [6, 6.07) is -0.0943. The van der Waals surface area contributed by atoms with Crippen LogP contribution in [0.1, 0.15) is 33.1 Å². The summed E-state index contributed by atoms with van der Waals surface area (Å²) in [5.41, 5.74) is -0.281. The molecule has 0 aromatic heterocycles. The van der Waals surface area contributed by atoms with Gasteiger partial charge in [-0.3, -0.25) is 9.69 Å². The zero-order valence-electron chi connectivity index (χ0n) is 12.0. The van der Waals surface area contributed by atoms with Crippen molar-refractivity contribution in [2.24, 2.45) is 0 Å². The van der Waals surface area contributed by atoms with Gasteiger partial charge in [-0.1, -0.05) is 0 Å². The number of rotatable bonds is 4. The third-order valence-electron chi connectivity index (χ3n) is 4.14. The molecule has 0 spiro atoms. The molecule has 2 atom stereocenters. The lowest BCUT2D eigenvalue weighted by Crippen LogP contribution is -2.52. The second kappa shape index (κ2) is 5.61. The number of carboxylic acid groups (broad SMARTS) is 1. The monoisotopic (exact) mass is 305 g/mol. The maximum atomic E-state index is 11.6. The van der Waals surface area contributed by atoms with Crippen LogP contribution in [0.3, 0.4) is 0 Å². The second-order valence-electron chi connectivity index (χ2n) is 6.38. The number of nitrogens with zero attached hydrogens (tertiary/aromatic N) is 1. The molecule has 0 saturated carbocycles. The Hall–Kier alpha value is -0.660. The standard InChI is InChI=1S/C13H23NO5S/c1-13(2)7-10(3-5-19-13)14(8-12(15)16)11-4-6-20(17,18)9-11/h10-11H,3-9H2,1-2H3,(H,15,16). The second-order valence-corrected chi connectivity index (χ2v) is 8.61. The molecule has 0 aromatic carbocycles. The third-order valence-corrected chi connectivity index (χ3v) is 5.89. The predicted octanol–water partition coefficient (Wildman–Crippen LogP) is 0.518. The molecule has 2 rings (SSSR count). The fourth-order valence-electron chi connectivity index (χ4n) is 3.23. The zero-order valence-corrected chi connectivity index (χ0v) is 12.9. The molecule has 2 unspecified atom stereocenters.